The molecule has 3 rings (SSSR count). The summed E-state index contributed by atoms with van der Waals surface area (Å²) >= 11 is 6.02. The molecular formula is C21H27ClN4O4. The van der Waals surface area contributed by atoms with Gasteiger partial charge in [0.05, 0.1) is 10.6 Å². The fourth-order valence-corrected chi connectivity index (χ4v) is 5.11. The highest BCUT2D eigenvalue weighted by Gasteiger charge is 2.56. The molecule has 1 spiro atoms. The van der Waals surface area contributed by atoms with Crippen molar-refractivity contribution >= 4 is 41.0 Å². The van der Waals surface area contributed by atoms with E-state index in [1.54, 1.807) is 6.07 Å². The largest absolute Gasteiger partial charge is 0.355 e. The summed E-state index contributed by atoms with van der Waals surface area (Å²) < 4.78 is 0. The van der Waals surface area contributed by atoms with Gasteiger partial charge in [-0.2, -0.15) is 0 Å². The molecule has 8 nitrogen and oxygen atoms in total. The minimum Gasteiger partial charge on any atom is -0.355 e. The Bertz CT molecular complexity index is 916. The van der Waals surface area contributed by atoms with Crippen molar-refractivity contribution in [2.45, 2.75) is 45.6 Å². The molecular weight excluding hydrogens is 408 g/mol. The molecule has 0 radical (unpaired) electrons. The zero-order valence-electron chi connectivity index (χ0n) is 17.6. The third-order valence-electron chi connectivity index (χ3n) is 5.65. The number of carbonyl (C=O) groups is 4. The SMILES string of the molecule is CNC(=O)c1cc(NC(=O)CN2C(=O)N[C@@]3(C[C@@H](C)CC(C)(C)C3)C2=O)ccc1Cl. The van der Waals surface area contributed by atoms with Crippen molar-refractivity contribution in [3.05, 3.63) is 28.8 Å². The van der Waals surface area contributed by atoms with Crippen LogP contribution in [0.25, 0.3) is 0 Å². The van der Waals surface area contributed by atoms with Crippen molar-refractivity contribution in [1.29, 1.82) is 0 Å². The first kappa shape index (κ1) is 22.1. The van der Waals surface area contributed by atoms with Gasteiger partial charge in [-0.25, -0.2) is 4.79 Å². The molecule has 2 aliphatic rings. The molecule has 5 amide bonds. The first-order chi connectivity index (χ1) is 14.0. The van der Waals surface area contributed by atoms with Gasteiger partial charge in [0.15, 0.2) is 0 Å². The second-order valence-electron chi connectivity index (χ2n) is 9.08. The molecule has 162 valence electrons. The Hall–Kier alpha value is -2.61. The maximum absolute atomic E-state index is 13.1. The van der Waals surface area contributed by atoms with Crippen LogP contribution in [-0.2, 0) is 9.59 Å². The summed E-state index contributed by atoms with van der Waals surface area (Å²) in [5.74, 6) is -1.00. The number of hydrogen-bond acceptors (Lipinski definition) is 4. The minimum absolute atomic E-state index is 0.0849. The predicted molar refractivity (Wildman–Crippen MR) is 113 cm³/mol. The summed E-state index contributed by atoms with van der Waals surface area (Å²) in [7, 11) is 1.48. The molecule has 2 fully saturated rings. The predicted octanol–water partition coefficient (Wildman–Crippen LogP) is 2.77. The molecule has 1 saturated heterocycles. The number of nitrogens with zero attached hydrogens (tertiary/aromatic N) is 1. The molecule has 0 bridgehead atoms. The molecule has 1 aromatic carbocycles. The lowest BCUT2D eigenvalue weighted by molar-refractivity contribution is -0.136. The van der Waals surface area contributed by atoms with Crippen molar-refractivity contribution in [2.24, 2.45) is 11.3 Å². The van der Waals surface area contributed by atoms with Crippen LogP contribution in [0.2, 0.25) is 5.02 Å². The summed E-state index contributed by atoms with van der Waals surface area (Å²) in [4.78, 5) is 51.1. The van der Waals surface area contributed by atoms with Gasteiger partial charge in [-0.3, -0.25) is 19.3 Å². The van der Waals surface area contributed by atoms with Crippen LogP contribution in [0.3, 0.4) is 0 Å². The number of urea groups is 1. The molecule has 1 saturated carbocycles. The highest BCUT2D eigenvalue weighted by Crippen LogP contribution is 2.46. The second-order valence-corrected chi connectivity index (χ2v) is 9.49. The van der Waals surface area contributed by atoms with Crippen molar-refractivity contribution in [2.75, 3.05) is 18.9 Å². The maximum atomic E-state index is 13.1. The van der Waals surface area contributed by atoms with E-state index in [0.29, 0.717) is 18.5 Å². The standard InChI is InChI=1S/C21H27ClN4O4/c1-12-8-20(2,3)11-21(9-12)18(29)26(19(30)25-21)10-16(27)24-13-5-6-15(22)14(7-13)17(28)23-4/h5-7,12H,8-11H2,1-4H3,(H,23,28)(H,24,27)(H,25,30)/t12-,21+/m0/s1. The Kier molecular flexibility index (Phi) is 5.82. The quantitative estimate of drug-likeness (QED) is 0.633. The molecule has 0 aromatic heterocycles. The van der Waals surface area contributed by atoms with Crippen LogP contribution in [0.4, 0.5) is 10.5 Å². The lowest BCUT2D eigenvalue weighted by atomic mass is 9.64. The molecule has 1 aliphatic carbocycles. The van der Waals surface area contributed by atoms with Gasteiger partial charge in [0.1, 0.15) is 12.1 Å². The van der Waals surface area contributed by atoms with E-state index >= 15 is 0 Å². The number of imide groups is 1. The Morgan fingerprint density at radius 2 is 1.97 bits per heavy atom. The van der Waals surface area contributed by atoms with Crippen molar-refractivity contribution in [3.63, 3.8) is 0 Å². The van der Waals surface area contributed by atoms with Crippen molar-refractivity contribution in [3.8, 4) is 0 Å². The van der Waals surface area contributed by atoms with Crippen LogP contribution in [0.15, 0.2) is 18.2 Å². The fraction of sp³-hybridized carbons (Fsp3) is 0.524. The van der Waals surface area contributed by atoms with Gasteiger partial charge in [-0.1, -0.05) is 32.4 Å². The van der Waals surface area contributed by atoms with Gasteiger partial charge in [0.2, 0.25) is 5.91 Å². The number of rotatable bonds is 4. The van der Waals surface area contributed by atoms with Crippen LogP contribution in [0.1, 0.15) is 50.4 Å². The normalized spacial score (nSPS) is 25.2. The zero-order valence-corrected chi connectivity index (χ0v) is 18.4. The number of anilines is 1. The smallest absolute Gasteiger partial charge is 0.325 e. The Morgan fingerprint density at radius 3 is 2.60 bits per heavy atom. The molecule has 30 heavy (non-hydrogen) atoms. The summed E-state index contributed by atoms with van der Waals surface area (Å²) in [6, 6.07) is 3.93. The van der Waals surface area contributed by atoms with E-state index in [9.17, 15) is 19.2 Å². The van der Waals surface area contributed by atoms with E-state index in [1.807, 2.05) is 0 Å². The summed E-state index contributed by atoms with van der Waals surface area (Å²) in [6.07, 6.45) is 2.08. The van der Waals surface area contributed by atoms with Crippen LogP contribution >= 0.6 is 11.6 Å². The van der Waals surface area contributed by atoms with E-state index in [4.69, 9.17) is 11.6 Å². The average Bonchev–Trinajstić information content (AvgIpc) is 2.84. The Labute approximate surface area is 180 Å². The van der Waals surface area contributed by atoms with Gasteiger partial charge in [-0.05, 0) is 48.8 Å². The maximum Gasteiger partial charge on any atom is 0.325 e. The number of benzene rings is 1. The van der Waals surface area contributed by atoms with E-state index in [0.717, 1.165) is 11.3 Å². The highest BCUT2D eigenvalue weighted by molar-refractivity contribution is 6.34. The van der Waals surface area contributed by atoms with E-state index in [-0.39, 0.29) is 33.7 Å². The van der Waals surface area contributed by atoms with Crippen LogP contribution in [0, 0.1) is 11.3 Å². The minimum atomic E-state index is -0.953. The second kappa shape index (κ2) is 7.91. The first-order valence-corrected chi connectivity index (χ1v) is 10.3. The van der Waals surface area contributed by atoms with Gasteiger partial charge in [-0.15, -0.1) is 0 Å². The fourth-order valence-electron chi connectivity index (χ4n) is 4.91. The molecule has 2 atom stereocenters. The van der Waals surface area contributed by atoms with E-state index < -0.39 is 24.0 Å². The molecule has 1 aromatic rings. The van der Waals surface area contributed by atoms with Gasteiger partial charge >= 0.3 is 6.03 Å². The van der Waals surface area contributed by atoms with E-state index in [2.05, 4.69) is 36.7 Å². The third-order valence-corrected chi connectivity index (χ3v) is 5.98. The van der Waals surface area contributed by atoms with Crippen molar-refractivity contribution < 1.29 is 19.2 Å². The monoisotopic (exact) mass is 434 g/mol. The van der Waals surface area contributed by atoms with Crippen LogP contribution < -0.4 is 16.0 Å². The summed E-state index contributed by atoms with van der Waals surface area (Å²) in [5.41, 5.74) is -0.481. The zero-order chi connectivity index (χ0) is 22.3. The molecule has 9 heteroatoms. The third kappa shape index (κ3) is 4.28. The number of halogens is 1. The number of amides is 5. The van der Waals surface area contributed by atoms with Gasteiger partial charge in [0, 0.05) is 12.7 Å². The Balaban J connectivity index is 1.72. The molecule has 0 unspecified atom stereocenters. The molecule has 3 N–H and O–H groups in total. The number of carbonyl (C=O) groups excluding carboxylic acids is 4. The van der Waals surface area contributed by atoms with Crippen LogP contribution in [0.5, 0.6) is 0 Å². The lowest BCUT2D eigenvalue weighted by Crippen LogP contribution is -2.54. The lowest BCUT2D eigenvalue weighted by Gasteiger charge is -2.43. The molecule has 1 heterocycles. The Morgan fingerprint density at radius 1 is 1.27 bits per heavy atom. The molecule has 1 aliphatic heterocycles. The van der Waals surface area contributed by atoms with Gasteiger partial charge in [0.25, 0.3) is 11.8 Å². The van der Waals surface area contributed by atoms with Crippen molar-refractivity contribution in [1.82, 2.24) is 15.5 Å². The number of hydrogen-bond donors (Lipinski definition) is 3. The summed E-state index contributed by atoms with van der Waals surface area (Å²) in [6.45, 7) is 5.84. The average molecular weight is 435 g/mol. The van der Waals surface area contributed by atoms with Gasteiger partial charge < -0.3 is 16.0 Å². The highest BCUT2D eigenvalue weighted by atomic mass is 35.5. The first-order valence-electron chi connectivity index (χ1n) is 9.92. The topological polar surface area (TPSA) is 108 Å². The van der Waals surface area contributed by atoms with E-state index in [1.165, 1.54) is 19.2 Å². The summed E-state index contributed by atoms with van der Waals surface area (Å²) in [5, 5.41) is 8.19. The number of nitrogens with one attached hydrogen (secondary N) is 3. The van der Waals surface area contributed by atoms with Crippen LogP contribution in [-0.4, -0.2) is 47.8 Å².